The van der Waals surface area contributed by atoms with E-state index in [0.717, 1.165) is 34.7 Å². The van der Waals surface area contributed by atoms with Crippen LogP contribution in [0.25, 0.3) is 0 Å². The zero-order valence-corrected chi connectivity index (χ0v) is 15.8. The molecule has 1 aliphatic heterocycles. The zero-order chi connectivity index (χ0) is 19.1. The molecule has 27 heavy (non-hydrogen) atoms. The zero-order valence-electron chi connectivity index (χ0n) is 15.0. The monoisotopic (exact) mass is 385 g/mol. The molecule has 0 saturated carbocycles. The summed E-state index contributed by atoms with van der Waals surface area (Å²) in [5, 5.41) is 13.3. The van der Waals surface area contributed by atoms with Crippen LogP contribution >= 0.6 is 11.6 Å². The highest BCUT2D eigenvalue weighted by molar-refractivity contribution is 6.33. The van der Waals surface area contributed by atoms with Gasteiger partial charge < -0.3 is 19.9 Å². The molecule has 1 aliphatic carbocycles. The number of carboxylic acids is 1. The van der Waals surface area contributed by atoms with Crippen molar-refractivity contribution in [1.82, 2.24) is 0 Å². The van der Waals surface area contributed by atoms with Gasteiger partial charge in [-0.05, 0) is 48.2 Å². The maximum atomic E-state index is 11.4. The predicted molar refractivity (Wildman–Crippen MR) is 104 cm³/mol. The standard InChI is InChI=1S/C21H20ClNO4/c1-26-12-6-7-18(27-2)16(10-12)19-14-5-3-4-13(14)15-8-11(21(24)25)9-17(22)20(15)23-19/h3-4,6-10,13-14,19,23H,5H2,1-2H3,(H,24,25). The average Bonchev–Trinajstić information content (AvgIpc) is 3.17. The fourth-order valence-electron chi connectivity index (χ4n) is 4.17. The summed E-state index contributed by atoms with van der Waals surface area (Å²) in [5.41, 5.74) is 2.91. The predicted octanol–water partition coefficient (Wildman–Crippen LogP) is 4.88. The van der Waals surface area contributed by atoms with Crippen molar-refractivity contribution in [2.45, 2.75) is 18.4 Å². The summed E-state index contributed by atoms with van der Waals surface area (Å²) in [6, 6.07) is 8.94. The van der Waals surface area contributed by atoms with Gasteiger partial charge in [0.2, 0.25) is 0 Å². The van der Waals surface area contributed by atoms with E-state index in [0.29, 0.717) is 5.02 Å². The molecule has 6 heteroatoms. The SMILES string of the molecule is COc1ccc(OC)c(C2Nc3c(Cl)cc(C(=O)O)cc3C3C=CCC32)c1. The third kappa shape index (κ3) is 2.92. The second-order valence-corrected chi connectivity index (χ2v) is 7.22. The van der Waals surface area contributed by atoms with Gasteiger partial charge in [-0.25, -0.2) is 4.79 Å². The van der Waals surface area contributed by atoms with E-state index >= 15 is 0 Å². The van der Waals surface area contributed by atoms with E-state index in [-0.39, 0.29) is 23.4 Å². The van der Waals surface area contributed by atoms with Crippen molar-refractivity contribution in [3.8, 4) is 11.5 Å². The third-order valence-corrected chi connectivity index (χ3v) is 5.74. The summed E-state index contributed by atoms with van der Waals surface area (Å²) in [4.78, 5) is 11.4. The molecule has 3 unspecified atom stereocenters. The molecule has 0 amide bonds. The number of rotatable bonds is 4. The van der Waals surface area contributed by atoms with Crippen LogP contribution < -0.4 is 14.8 Å². The number of benzene rings is 2. The van der Waals surface area contributed by atoms with Crippen LogP contribution in [-0.2, 0) is 0 Å². The highest BCUT2D eigenvalue weighted by Crippen LogP contribution is 2.53. The fraction of sp³-hybridized carbons (Fsp3) is 0.286. The summed E-state index contributed by atoms with van der Waals surface area (Å²) in [7, 11) is 3.29. The molecule has 2 aromatic rings. The molecule has 0 aromatic heterocycles. The topological polar surface area (TPSA) is 67.8 Å². The largest absolute Gasteiger partial charge is 0.497 e. The van der Waals surface area contributed by atoms with Crippen LogP contribution in [0.3, 0.4) is 0 Å². The van der Waals surface area contributed by atoms with Gasteiger partial charge in [0.1, 0.15) is 11.5 Å². The van der Waals surface area contributed by atoms with Gasteiger partial charge in [-0.15, -0.1) is 0 Å². The van der Waals surface area contributed by atoms with E-state index in [1.54, 1.807) is 20.3 Å². The van der Waals surface area contributed by atoms with Crippen LogP contribution in [0.2, 0.25) is 5.02 Å². The number of hydrogen-bond acceptors (Lipinski definition) is 4. The number of allylic oxidation sites excluding steroid dienone is 2. The first kappa shape index (κ1) is 17.7. The number of hydrogen-bond donors (Lipinski definition) is 2. The Morgan fingerprint density at radius 3 is 2.70 bits per heavy atom. The first-order valence-electron chi connectivity index (χ1n) is 8.75. The van der Waals surface area contributed by atoms with Crippen LogP contribution in [0.1, 0.15) is 39.9 Å². The second-order valence-electron chi connectivity index (χ2n) is 6.81. The van der Waals surface area contributed by atoms with Crippen molar-refractivity contribution in [2.75, 3.05) is 19.5 Å². The molecule has 1 heterocycles. The van der Waals surface area contributed by atoms with Crippen molar-refractivity contribution in [3.05, 3.63) is 64.2 Å². The second kappa shape index (κ2) is 6.82. The fourth-order valence-corrected chi connectivity index (χ4v) is 4.45. The van der Waals surface area contributed by atoms with E-state index in [1.807, 2.05) is 18.2 Å². The molecule has 4 rings (SSSR count). The van der Waals surface area contributed by atoms with Crippen molar-refractivity contribution >= 4 is 23.3 Å². The Balaban J connectivity index is 1.85. The lowest BCUT2D eigenvalue weighted by molar-refractivity contribution is 0.0696. The Kier molecular flexibility index (Phi) is 4.48. The van der Waals surface area contributed by atoms with E-state index in [2.05, 4.69) is 17.5 Å². The number of anilines is 1. The molecule has 2 N–H and O–H groups in total. The molecular weight excluding hydrogens is 366 g/mol. The van der Waals surface area contributed by atoms with Gasteiger partial charge in [0.15, 0.2) is 0 Å². The van der Waals surface area contributed by atoms with Gasteiger partial charge in [-0.2, -0.15) is 0 Å². The van der Waals surface area contributed by atoms with Crippen molar-refractivity contribution in [1.29, 1.82) is 0 Å². The number of aromatic carboxylic acids is 1. The molecule has 0 fully saturated rings. The van der Waals surface area contributed by atoms with Crippen molar-refractivity contribution in [2.24, 2.45) is 5.92 Å². The van der Waals surface area contributed by atoms with Crippen molar-refractivity contribution in [3.63, 3.8) is 0 Å². The number of fused-ring (bicyclic) bond motifs is 3. The van der Waals surface area contributed by atoms with Crippen molar-refractivity contribution < 1.29 is 19.4 Å². The molecule has 140 valence electrons. The summed E-state index contributed by atoms with van der Waals surface area (Å²) in [6.07, 6.45) is 5.18. The molecule has 0 spiro atoms. The Morgan fingerprint density at radius 1 is 1.19 bits per heavy atom. The maximum Gasteiger partial charge on any atom is 0.335 e. The van der Waals surface area contributed by atoms with E-state index in [9.17, 15) is 9.90 Å². The van der Waals surface area contributed by atoms with E-state index < -0.39 is 5.97 Å². The Labute approximate surface area is 162 Å². The summed E-state index contributed by atoms with van der Waals surface area (Å²) in [6.45, 7) is 0. The number of methoxy groups -OCH3 is 2. The number of halogens is 1. The highest BCUT2D eigenvalue weighted by Gasteiger charge is 2.40. The maximum absolute atomic E-state index is 11.4. The lowest BCUT2D eigenvalue weighted by atomic mass is 9.76. The van der Waals surface area contributed by atoms with Crippen LogP contribution in [0.4, 0.5) is 5.69 Å². The Morgan fingerprint density at radius 2 is 2.00 bits per heavy atom. The quantitative estimate of drug-likeness (QED) is 0.734. The lowest BCUT2D eigenvalue weighted by Crippen LogP contribution is -2.30. The van der Waals surface area contributed by atoms with Gasteiger partial charge in [0.05, 0.1) is 36.5 Å². The normalized spacial score (nSPS) is 22.6. The van der Waals surface area contributed by atoms with Crippen LogP contribution in [0.5, 0.6) is 11.5 Å². The minimum Gasteiger partial charge on any atom is -0.497 e. The summed E-state index contributed by atoms with van der Waals surface area (Å²) < 4.78 is 11.0. The number of carbonyl (C=O) groups is 1. The Hall–Kier alpha value is -2.66. The number of nitrogens with one attached hydrogen (secondary N) is 1. The first-order valence-corrected chi connectivity index (χ1v) is 9.13. The van der Waals surface area contributed by atoms with Gasteiger partial charge >= 0.3 is 5.97 Å². The van der Waals surface area contributed by atoms with Gasteiger partial charge in [0, 0.05) is 11.5 Å². The summed E-state index contributed by atoms with van der Waals surface area (Å²) in [5.74, 6) is 0.890. The minimum atomic E-state index is -0.977. The molecule has 3 atom stereocenters. The van der Waals surface area contributed by atoms with Crippen LogP contribution in [0.15, 0.2) is 42.5 Å². The summed E-state index contributed by atoms with van der Waals surface area (Å²) >= 11 is 6.46. The molecule has 0 saturated heterocycles. The average molecular weight is 386 g/mol. The van der Waals surface area contributed by atoms with E-state index in [1.165, 1.54) is 6.07 Å². The minimum absolute atomic E-state index is 0.0317. The van der Waals surface area contributed by atoms with Gasteiger partial charge in [-0.3, -0.25) is 0 Å². The van der Waals surface area contributed by atoms with Gasteiger partial charge in [0.25, 0.3) is 0 Å². The smallest absolute Gasteiger partial charge is 0.335 e. The molecule has 0 radical (unpaired) electrons. The van der Waals surface area contributed by atoms with E-state index in [4.69, 9.17) is 21.1 Å². The number of carboxylic acid groups (broad SMARTS) is 1. The molecular formula is C21H20ClNO4. The molecule has 5 nitrogen and oxygen atoms in total. The Bertz CT molecular complexity index is 940. The lowest BCUT2D eigenvalue weighted by Gasteiger charge is -2.38. The number of ether oxygens (including phenoxy) is 2. The third-order valence-electron chi connectivity index (χ3n) is 5.44. The first-order chi connectivity index (χ1) is 13.0. The van der Waals surface area contributed by atoms with Crippen LogP contribution in [0, 0.1) is 5.92 Å². The van der Waals surface area contributed by atoms with Crippen LogP contribution in [-0.4, -0.2) is 25.3 Å². The van der Waals surface area contributed by atoms with Gasteiger partial charge in [-0.1, -0.05) is 23.8 Å². The highest BCUT2D eigenvalue weighted by atomic mass is 35.5. The molecule has 2 aromatic carbocycles. The molecule has 2 aliphatic rings. The molecule has 0 bridgehead atoms.